The summed E-state index contributed by atoms with van der Waals surface area (Å²) in [7, 11) is 0. The first-order valence-corrected chi connectivity index (χ1v) is 22.4. The Labute approximate surface area is 376 Å². The van der Waals surface area contributed by atoms with Crippen molar-refractivity contribution in [3.05, 3.63) is 254 Å². The fourth-order valence-electron chi connectivity index (χ4n) is 9.87. The van der Waals surface area contributed by atoms with Gasteiger partial charge in [-0.05, 0) is 125 Å². The Hall–Kier alpha value is -8.00. The summed E-state index contributed by atoms with van der Waals surface area (Å²) in [5.74, 6) is 0.444. The molecule has 0 radical (unpaired) electrons. The van der Waals surface area contributed by atoms with Gasteiger partial charge in [0.1, 0.15) is 0 Å². The van der Waals surface area contributed by atoms with Crippen LogP contribution >= 0.6 is 0 Å². The second kappa shape index (κ2) is 17.0. The standard InChI is InChI=1S/C63H47N/c1-44-20-5-7-28-51(44)56-32-11-10-31-54(56)47-24-17-26-49(42-47)64(50-27-18-25-48(43-50)55-37-19-38-58-53-29-8-6-23-46(53)40-41-61(55)58)63-39-16-15-36-62(63)60-35-14-13-34-59(60)57-33-12-9-30-52(57)45-21-3-2-4-22-45/h2-19,21-44H,20H2,1H3. The summed E-state index contributed by atoms with van der Waals surface area (Å²) in [6.07, 6.45) is 7.84. The average molecular weight is 818 g/mol. The Morgan fingerprint density at radius 2 is 0.859 bits per heavy atom. The number of fused-ring (bicyclic) bond motifs is 3. The van der Waals surface area contributed by atoms with Crippen LogP contribution in [-0.4, -0.2) is 0 Å². The van der Waals surface area contributed by atoms with Crippen molar-refractivity contribution in [2.45, 2.75) is 13.3 Å². The highest BCUT2D eigenvalue weighted by Gasteiger charge is 2.22. The molecule has 1 nitrogen and oxygen atoms in total. The van der Waals surface area contributed by atoms with Crippen molar-refractivity contribution in [2.24, 2.45) is 5.92 Å². The van der Waals surface area contributed by atoms with E-state index in [1.165, 1.54) is 82.8 Å². The predicted molar refractivity (Wildman–Crippen MR) is 274 cm³/mol. The van der Waals surface area contributed by atoms with Crippen molar-refractivity contribution in [1.29, 1.82) is 0 Å². The fourth-order valence-corrected chi connectivity index (χ4v) is 9.87. The number of para-hydroxylation sites is 1. The molecule has 0 heterocycles. The van der Waals surface area contributed by atoms with E-state index in [1.807, 2.05) is 0 Å². The van der Waals surface area contributed by atoms with Crippen molar-refractivity contribution in [3.8, 4) is 55.6 Å². The molecule has 1 unspecified atom stereocenters. The van der Waals surface area contributed by atoms with Crippen LogP contribution in [0.4, 0.5) is 17.1 Å². The second-order valence-electron chi connectivity index (χ2n) is 16.8. The molecule has 1 atom stereocenters. The SMILES string of the molecule is CC1CC=CC=C1c1ccccc1-c1cccc(N(c2cccc(-c3cccc4c3ccc3ccccc34)c2)c2ccccc2-c2ccccc2-c2ccccc2-c2ccccc2)c1. The molecule has 0 saturated heterocycles. The summed E-state index contributed by atoms with van der Waals surface area (Å²) in [6.45, 7) is 2.34. The molecule has 10 aromatic carbocycles. The summed E-state index contributed by atoms with van der Waals surface area (Å²) < 4.78 is 0. The van der Waals surface area contributed by atoms with Gasteiger partial charge in [-0.1, -0.05) is 225 Å². The zero-order valence-corrected chi connectivity index (χ0v) is 35.9. The summed E-state index contributed by atoms with van der Waals surface area (Å²) in [6, 6.07) is 84.5. The fraction of sp³-hybridized carbons (Fsp3) is 0.0476. The monoisotopic (exact) mass is 817 g/mol. The first-order valence-electron chi connectivity index (χ1n) is 22.4. The molecule has 0 bridgehead atoms. The molecule has 11 rings (SSSR count). The summed E-state index contributed by atoms with van der Waals surface area (Å²) >= 11 is 0. The first-order chi connectivity index (χ1) is 31.7. The normalized spacial score (nSPS) is 13.5. The Morgan fingerprint density at radius 3 is 1.58 bits per heavy atom. The van der Waals surface area contributed by atoms with Gasteiger partial charge in [0.05, 0.1) is 5.69 Å². The lowest BCUT2D eigenvalue weighted by Crippen LogP contribution is -2.12. The topological polar surface area (TPSA) is 3.24 Å². The van der Waals surface area contributed by atoms with Crippen LogP contribution in [0.15, 0.2) is 249 Å². The van der Waals surface area contributed by atoms with E-state index in [1.54, 1.807) is 0 Å². The summed E-state index contributed by atoms with van der Waals surface area (Å²) in [4.78, 5) is 2.47. The Kier molecular flexibility index (Phi) is 10.4. The van der Waals surface area contributed by atoms with Gasteiger partial charge in [-0.25, -0.2) is 0 Å². The van der Waals surface area contributed by atoms with Crippen LogP contribution in [0.25, 0.3) is 82.8 Å². The van der Waals surface area contributed by atoms with Gasteiger partial charge in [-0.2, -0.15) is 0 Å². The first kappa shape index (κ1) is 38.9. The highest BCUT2D eigenvalue weighted by atomic mass is 15.1. The molecule has 10 aromatic rings. The Balaban J connectivity index is 1.12. The lowest BCUT2D eigenvalue weighted by Gasteiger charge is -2.29. The van der Waals surface area contributed by atoms with Gasteiger partial charge in [-0.15, -0.1) is 0 Å². The van der Waals surface area contributed by atoms with Crippen molar-refractivity contribution < 1.29 is 0 Å². The van der Waals surface area contributed by atoms with Gasteiger partial charge in [0.15, 0.2) is 0 Å². The molecule has 0 spiro atoms. The van der Waals surface area contributed by atoms with Gasteiger partial charge in [0.25, 0.3) is 0 Å². The van der Waals surface area contributed by atoms with E-state index >= 15 is 0 Å². The molecule has 0 N–H and O–H groups in total. The number of rotatable bonds is 9. The number of nitrogens with zero attached hydrogens (tertiary/aromatic N) is 1. The minimum atomic E-state index is 0.444. The molecule has 0 aliphatic heterocycles. The van der Waals surface area contributed by atoms with Crippen LogP contribution in [0.5, 0.6) is 0 Å². The summed E-state index contributed by atoms with van der Waals surface area (Å²) in [5, 5.41) is 5.03. The molecule has 304 valence electrons. The summed E-state index contributed by atoms with van der Waals surface area (Å²) in [5.41, 5.74) is 17.9. The highest BCUT2D eigenvalue weighted by Crippen LogP contribution is 2.47. The van der Waals surface area contributed by atoms with Crippen LogP contribution in [0.1, 0.15) is 18.9 Å². The number of allylic oxidation sites excluding steroid dienone is 4. The average Bonchev–Trinajstić information content (AvgIpc) is 3.37. The lowest BCUT2D eigenvalue weighted by atomic mass is 9.84. The largest absolute Gasteiger partial charge is 0.310 e. The highest BCUT2D eigenvalue weighted by molar-refractivity contribution is 6.12. The maximum atomic E-state index is 2.47. The minimum absolute atomic E-state index is 0.444. The van der Waals surface area contributed by atoms with Gasteiger partial charge < -0.3 is 4.90 Å². The predicted octanol–water partition coefficient (Wildman–Crippen LogP) is 17.8. The smallest absolute Gasteiger partial charge is 0.0540 e. The Morgan fingerprint density at radius 1 is 0.359 bits per heavy atom. The number of hydrogen-bond donors (Lipinski definition) is 0. The minimum Gasteiger partial charge on any atom is -0.310 e. The van der Waals surface area contributed by atoms with Gasteiger partial charge >= 0.3 is 0 Å². The molecule has 1 aliphatic rings. The maximum Gasteiger partial charge on any atom is 0.0540 e. The van der Waals surface area contributed by atoms with E-state index in [4.69, 9.17) is 0 Å². The zero-order valence-electron chi connectivity index (χ0n) is 35.9. The zero-order chi connectivity index (χ0) is 42.8. The van der Waals surface area contributed by atoms with Gasteiger partial charge in [0.2, 0.25) is 0 Å². The third-order valence-electron chi connectivity index (χ3n) is 13.0. The lowest BCUT2D eigenvalue weighted by molar-refractivity contribution is 0.759. The molecule has 1 heteroatoms. The van der Waals surface area contributed by atoms with Crippen molar-refractivity contribution in [3.63, 3.8) is 0 Å². The molecular formula is C63H47N. The molecule has 1 aliphatic carbocycles. The van der Waals surface area contributed by atoms with Crippen LogP contribution in [0.2, 0.25) is 0 Å². The van der Waals surface area contributed by atoms with E-state index in [9.17, 15) is 0 Å². The van der Waals surface area contributed by atoms with Crippen molar-refractivity contribution in [1.82, 2.24) is 0 Å². The Bertz CT molecular complexity index is 3390. The van der Waals surface area contributed by atoms with Gasteiger partial charge in [-0.3, -0.25) is 0 Å². The third kappa shape index (κ3) is 7.21. The second-order valence-corrected chi connectivity index (χ2v) is 16.8. The van der Waals surface area contributed by atoms with E-state index in [2.05, 4.69) is 261 Å². The van der Waals surface area contributed by atoms with Gasteiger partial charge in [0, 0.05) is 16.9 Å². The van der Waals surface area contributed by atoms with Crippen LogP contribution in [0.3, 0.4) is 0 Å². The third-order valence-corrected chi connectivity index (χ3v) is 13.0. The molecular weight excluding hydrogens is 771 g/mol. The van der Waals surface area contributed by atoms with Crippen LogP contribution < -0.4 is 4.90 Å². The van der Waals surface area contributed by atoms with E-state index in [0.717, 1.165) is 29.0 Å². The van der Waals surface area contributed by atoms with E-state index in [0.29, 0.717) is 5.92 Å². The van der Waals surface area contributed by atoms with Crippen molar-refractivity contribution in [2.75, 3.05) is 4.90 Å². The number of benzene rings is 10. The molecule has 64 heavy (non-hydrogen) atoms. The number of hydrogen-bond acceptors (Lipinski definition) is 1. The molecule has 0 amide bonds. The quantitative estimate of drug-likeness (QED) is 0.131. The van der Waals surface area contributed by atoms with Crippen LogP contribution in [0, 0.1) is 5.92 Å². The molecule has 0 saturated carbocycles. The van der Waals surface area contributed by atoms with Crippen molar-refractivity contribution >= 4 is 44.2 Å². The maximum absolute atomic E-state index is 2.47. The van der Waals surface area contributed by atoms with E-state index < -0.39 is 0 Å². The molecule has 0 fully saturated rings. The van der Waals surface area contributed by atoms with E-state index in [-0.39, 0.29) is 0 Å². The number of anilines is 3. The van der Waals surface area contributed by atoms with Crippen LogP contribution in [-0.2, 0) is 0 Å². The molecule has 0 aromatic heterocycles.